The number of benzene rings is 2. The highest BCUT2D eigenvalue weighted by Crippen LogP contribution is 2.32. The fourth-order valence-electron chi connectivity index (χ4n) is 2.23. The van der Waals surface area contributed by atoms with Crippen LogP contribution in [0.5, 0.6) is 11.5 Å². The van der Waals surface area contributed by atoms with Crippen molar-refractivity contribution in [3.05, 3.63) is 56.5 Å². The lowest BCUT2D eigenvalue weighted by molar-refractivity contribution is 0.473. The highest BCUT2D eigenvalue weighted by molar-refractivity contribution is 9.10. The maximum Gasteiger partial charge on any atom is 0.132 e. The second-order valence-corrected chi connectivity index (χ2v) is 6.64. The molecule has 0 saturated carbocycles. The Morgan fingerprint density at radius 3 is 2.38 bits per heavy atom. The normalized spacial score (nSPS) is 12.3. The summed E-state index contributed by atoms with van der Waals surface area (Å²) < 4.78 is 7.16. The van der Waals surface area contributed by atoms with Crippen LogP contribution in [0.15, 0.2) is 34.8 Å². The topological polar surface area (TPSA) is 35.2 Å². The molecule has 2 rings (SSSR count). The van der Waals surface area contributed by atoms with E-state index in [2.05, 4.69) is 15.9 Å². The molecule has 0 aliphatic carbocycles. The van der Waals surface area contributed by atoms with E-state index in [0.29, 0.717) is 5.02 Å². The van der Waals surface area contributed by atoms with Gasteiger partial charge in [-0.05, 0) is 68.1 Å². The predicted molar refractivity (Wildman–Crippen MR) is 92.5 cm³/mol. The Balaban J connectivity index is 2.36. The zero-order valence-corrected chi connectivity index (χ0v) is 14.8. The van der Waals surface area contributed by atoms with E-state index in [4.69, 9.17) is 22.1 Å². The summed E-state index contributed by atoms with van der Waals surface area (Å²) in [6, 6.07) is 9.76. The number of hydrogen-bond acceptors (Lipinski definition) is 2. The molecule has 1 atom stereocenters. The number of hydrogen-bond donors (Lipinski definition) is 1. The Morgan fingerprint density at radius 1 is 1.19 bits per heavy atom. The molecule has 0 spiro atoms. The first-order valence-electron chi connectivity index (χ1n) is 6.85. The Labute approximate surface area is 139 Å². The lowest BCUT2D eigenvalue weighted by Gasteiger charge is -2.15. The van der Waals surface area contributed by atoms with Crippen molar-refractivity contribution < 1.29 is 4.74 Å². The molecule has 0 aliphatic rings. The van der Waals surface area contributed by atoms with Gasteiger partial charge in [-0.25, -0.2) is 0 Å². The molecule has 0 radical (unpaired) electrons. The van der Waals surface area contributed by atoms with Gasteiger partial charge < -0.3 is 10.5 Å². The minimum Gasteiger partial charge on any atom is -0.457 e. The molecule has 4 heteroatoms. The SMILES string of the molecule is Cc1cc(Oc2cc(Cl)ccc2CC(C)N)cc(C)c1Br. The molecule has 112 valence electrons. The third kappa shape index (κ3) is 4.22. The third-order valence-corrected chi connectivity index (χ3v) is 4.69. The summed E-state index contributed by atoms with van der Waals surface area (Å²) in [7, 11) is 0. The van der Waals surface area contributed by atoms with E-state index in [-0.39, 0.29) is 6.04 Å². The molecular formula is C17H19BrClNO. The van der Waals surface area contributed by atoms with E-state index in [1.807, 2.05) is 51.1 Å². The van der Waals surface area contributed by atoms with E-state index in [1.165, 1.54) is 0 Å². The van der Waals surface area contributed by atoms with Gasteiger partial charge in [0.25, 0.3) is 0 Å². The molecule has 1 unspecified atom stereocenters. The van der Waals surface area contributed by atoms with Crippen molar-refractivity contribution in [3.63, 3.8) is 0 Å². The number of rotatable bonds is 4. The van der Waals surface area contributed by atoms with Gasteiger partial charge >= 0.3 is 0 Å². The quantitative estimate of drug-likeness (QED) is 0.784. The van der Waals surface area contributed by atoms with Gasteiger partial charge in [-0.2, -0.15) is 0 Å². The molecule has 21 heavy (non-hydrogen) atoms. The van der Waals surface area contributed by atoms with Crippen molar-refractivity contribution in [1.82, 2.24) is 0 Å². The van der Waals surface area contributed by atoms with Crippen LogP contribution >= 0.6 is 27.5 Å². The number of halogens is 2. The van der Waals surface area contributed by atoms with Gasteiger partial charge in [-0.15, -0.1) is 0 Å². The Morgan fingerprint density at radius 2 is 1.81 bits per heavy atom. The van der Waals surface area contributed by atoms with Gasteiger partial charge in [0.05, 0.1) is 0 Å². The Bertz CT molecular complexity index is 632. The fourth-order valence-corrected chi connectivity index (χ4v) is 2.62. The molecule has 0 amide bonds. The van der Waals surface area contributed by atoms with Gasteiger partial charge in [0, 0.05) is 15.5 Å². The van der Waals surface area contributed by atoms with Crippen LogP contribution in [0.1, 0.15) is 23.6 Å². The lowest BCUT2D eigenvalue weighted by atomic mass is 10.1. The van der Waals surface area contributed by atoms with Crippen molar-refractivity contribution in [1.29, 1.82) is 0 Å². The average Bonchev–Trinajstić information content (AvgIpc) is 2.38. The summed E-state index contributed by atoms with van der Waals surface area (Å²) in [6.07, 6.45) is 0.751. The van der Waals surface area contributed by atoms with Gasteiger partial charge in [0.15, 0.2) is 0 Å². The first kappa shape index (κ1) is 16.3. The summed E-state index contributed by atoms with van der Waals surface area (Å²) >= 11 is 9.65. The van der Waals surface area contributed by atoms with Crippen LogP contribution in [0, 0.1) is 13.8 Å². The molecule has 0 bridgehead atoms. The first-order valence-corrected chi connectivity index (χ1v) is 8.02. The molecule has 2 aromatic rings. The lowest BCUT2D eigenvalue weighted by Crippen LogP contribution is -2.18. The molecule has 2 aromatic carbocycles. The number of ether oxygens (including phenoxy) is 1. The summed E-state index contributed by atoms with van der Waals surface area (Å²) in [5.41, 5.74) is 9.24. The van der Waals surface area contributed by atoms with E-state index in [0.717, 1.165) is 39.1 Å². The molecule has 0 heterocycles. The Hall–Kier alpha value is -1.03. The highest BCUT2D eigenvalue weighted by atomic mass is 79.9. The van der Waals surface area contributed by atoms with Gasteiger partial charge in [-0.1, -0.05) is 33.6 Å². The number of aryl methyl sites for hydroxylation is 2. The maximum absolute atomic E-state index is 6.09. The monoisotopic (exact) mass is 367 g/mol. The third-order valence-electron chi connectivity index (χ3n) is 3.21. The summed E-state index contributed by atoms with van der Waals surface area (Å²) in [6.45, 7) is 6.07. The van der Waals surface area contributed by atoms with E-state index < -0.39 is 0 Å². The maximum atomic E-state index is 6.09. The van der Waals surface area contributed by atoms with Crippen LogP contribution in [0.25, 0.3) is 0 Å². The van der Waals surface area contributed by atoms with Crippen LogP contribution < -0.4 is 10.5 Å². The van der Waals surface area contributed by atoms with Crippen LogP contribution in [0.4, 0.5) is 0 Å². The molecule has 0 fully saturated rings. The number of nitrogens with two attached hydrogens (primary N) is 1. The van der Waals surface area contributed by atoms with Crippen molar-refractivity contribution in [2.45, 2.75) is 33.2 Å². The summed E-state index contributed by atoms with van der Waals surface area (Å²) in [4.78, 5) is 0. The van der Waals surface area contributed by atoms with Crippen molar-refractivity contribution in [2.24, 2.45) is 5.73 Å². The standard InChI is InChI=1S/C17H19BrClNO/c1-10-6-15(7-11(2)17(10)18)21-16-9-14(19)5-4-13(16)8-12(3)20/h4-7,9,12H,8,20H2,1-3H3. The Kier molecular flexibility index (Phi) is 5.31. The highest BCUT2D eigenvalue weighted by Gasteiger charge is 2.10. The summed E-state index contributed by atoms with van der Waals surface area (Å²) in [5.74, 6) is 1.57. The van der Waals surface area contributed by atoms with Crippen molar-refractivity contribution in [3.8, 4) is 11.5 Å². The molecule has 2 N–H and O–H groups in total. The van der Waals surface area contributed by atoms with E-state index >= 15 is 0 Å². The van der Waals surface area contributed by atoms with Crippen LogP contribution in [0.3, 0.4) is 0 Å². The zero-order chi connectivity index (χ0) is 15.6. The van der Waals surface area contributed by atoms with Gasteiger partial charge in [0.1, 0.15) is 11.5 Å². The van der Waals surface area contributed by atoms with Crippen molar-refractivity contribution in [2.75, 3.05) is 0 Å². The van der Waals surface area contributed by atoms with Crippen LogP contribution in [-0.4, -0.2) is 6.04 Å². The van der Waals surface area contributed by atoms with E-state index in [9.17, 15) is 0 Å². The van der Waals surface area contributed by atoms with Gasteiger partial charge in [-0.3, -0.25) is 0 Å². The van der Waals surface area contributed by atoms with Crippen LogP contribution in [0.2, 0.25) is 5.02 Å². The second kappa shape index (κ2) is 6.82. The minimum absolute atomic E-state index is 0.0712. The minimum atomic E-state index is 0.0712. The van der Waals surface area contributed by atoms with E-state index in [1.54, 1.807) is 0 Å². The fraction of sp³-hybridized carbons (Fsp3) is 0.294. The largest absolute Gasteiger partial charge is 0.457 e. The summed E-state index contributed by atoms with van der Waals surface area (Å²) in [5, 5.41) is 0.656. The van der Waals surface area contributed by atoms with Crippen molar-refractivity contribution >= 4 is 27.5 Å². The first-order chi connectivity index (χ1) is 9.86. The predicted octanol–water partition coefficient (Wildman–Crippen LogP) is 5.40. The zero-order valence-electron chi connectivity index (χ0n) is 12.4. The molecule has 0 aromatic heterocycles. The van der Waals surface area contributed by atoms with Gasteiger partial charge in [0.2, 0.25) is 0 Å². The molecule has 2 nitrogen and oxygen atoms in total. The molecular weight excluding hydrogens is 350 g/mol. The van der Waals surface area contributed by atoms with Crippen LogP contribution in [-0.2, 0) is 6.42 Å². The molecule has 0 saturated heterocycles. The second-order valence-electron chi connectivity index (χ2n) is 5.41. The molecule has 0 aliphatic heterocycles. The smallest absolute Gasteiger partial charge is 0.132 e. The average molecular weight is 369 g/mol.